The van der Waals surface area contributed by atoms with E-state index < -0.39 is 10.0 Å². The molecule has 2 aromatic carbocycles. The molecule has 3 N–H and O–H groups in total. The van der Waals surface area contributed by atoms with Crippen LogP contribution in [0.5, 0.6) is 11.5 Å². The monoisotopic (exact) mass is 448 g/mol. The van der Waals surface area contributed by atoms with Crippen molar-refractivity contribution in [3.63, 3.8) is 0 Å². The lowest BCUT2D eigenvalue weighted by Crippen LogP contribution is -2.43. The predicted molar refractivity (Wildman–Crippen MR) is 120 cm³/mol. The van der Waals surface area contributed by atoms with Gasteiger partial charge in [0.2, 0.25) is 0 Å². The van der Waals surface area contributed by atoms with E-state index in [4.69, 9.17) is 9.47 Å². The van der Waals surface area contributed by atoms with Crippen molar-refractivity contribution in [2.24, 2.45) is 0 Å². The van der Waals surface area contributed by atoms with E-state index in [1.54, 1.807) is 18.2 Å². The summed E-state index contributed by atoms with van der Waals surface area (Å²) in [6.45, 7) is 5.34. The highest BCUT2D eigenvalue weighted by atomic mass is 32.2. The molecule has 0 atom stereocenters. The molecule has 9 nitrogen and oxygen atoms in total. The predicted octanol–water partition coefficient (Wildman–Crippen LogP) is 1.66. The van der Waals surface area contributed by atoms with Crippen molar-refractivity contribution in [2.75, 3.05) is 56.6 Å². The number of hydrogen-bond donors (Lipinski definition) is 3. The van der Waals surface area contributed by atoms with E-state index in [9.17, 15) is 13.2 Å². The molecule has 0 aromatic heterocycles. The Labute approximate surface area is 182 Å². The molecule has 31 heavy (non-hydrogen) atoms. The van der Waals surface area contributed by atoms with Crippen LogP contribution in [0.25, 0.3) is 0 Å². The minimum atomic E-state index is -3.95. The molecule has 1 amide bonds. The van der Waals surface area contributed by atoms with Crippen molar-refractivity contribution in [2.45, 2.75) is 11.8 Å². The molecule has 10 heteroatoms. The SMILES string of the molecule is CCNC(=O)c1ccc(N2CCNCC2)c(NS(=O)(=O)c2ccc(OC)c(OC)c2)c1. The summed E-state index contributed by atoms with van der Waals surface area (Å²) in [5, 5.41) is 6.02. The van der Waals surface area contributed by atoms with Crippen molar-refractivity contribution < 1.29 is 22.7 Å². The molecule has 3 rings (SSSR count). The molecule has 0 aliphatic carbocycles. The van der Waals surface area contributed by atoms with E-state index in [2.05, 4.69) is 20.3 Å². The van der Waals surface area contributed by atoms with Crippen LogP contribution in [0.15, 0.2) is 41.3 Å². The van der Waals surface area contributed by atoms with Gasteiger partial charge >= 0.3 is 0 Å². The number of amides is 1. The normalized spacial score (nSPS) is 14.1. The average Bonchev–Trinajstić information content (AvgIpc) is 2.79. The molecule has 1 aliphatic rings. The van der Waals surface area contributed by atoms with E-state index >= 15 is 0 Å². The maximum absolute atomic E-state index is 13.2. The third-order valence-corrected chi connectivity index (χ3v) is 6.33. The summed E-state index contributed by atoms with van der Waals surface area (Å²) in [4.78, 5) is 14.4. The van der Waals surface area contributed by atoms with Crippen molar-refractivity contribution in [3.8, 4) is 11.5 Å². The second-order valence-electron chi connectivity index (χ2n) is 6.95. The van der Waals surface area contributed by atoms with Gasteiger partial charge in [-0.2, -0.15) is 0 Å². The summed E-state index contributed by atoms with van der Waals surface area (Å²) in [6.07, 6.45) is 0. The van der Waals surface area contributed by atoms with Gasteiger partial charge in [-0.3, -0.25) is 9.52 Å². The first-order chi connectivity index (χ1) is 14.9. The van der Waals surface area contributed by atoms with E-state index in [1.165, 1.54) is 32.4 Å². The number of ether oxygens (including phenoxy) is 2. The Hall–Kier alpha value is -2.98. The van der Waals surface area contributed by atoms with Crippen molar-refractivity contribution in [1.82, 2.24) is 10.6 Å². The summed E-state index contributed by atoms with van der Waals surface area (Å²) in [7, 11) is -1.02. The number of benzene rings is 2. The van der Waals surface area contributed by atoms with Crippen LogP contribution in [0.1, 0.15) is 17.3 Å². The third kappa shape index (κ3) is 5.20. The van der Waals surface area contributed by atoms with Crippen molar-refractivity contribution in [1.29, 1.82) is 0 Å². The molecule has 1 aliphatic heterocycles. The maximum Gasteiger partial charge on any atom is 0.262 e. The number of hydrogen-bond acceptors (Lipinski definition) is 7. The first kappa shape index (κ1) is 22.7. The minimum absolute atomic E-state index is 0.0276. The van der Waals surface area contributed by atoms with Gasteiger partial charge in [-0.05, 0) is 37.3 Å². The first-order valence-electron chi connectivity index (χ1n) is 10.0. The smallest absolute Gasteiger partial charge is 0.262 e. The Morgan fingerprint density at radius 2 is 1.77 bits per heavy atom. The zero-order valence-electron chi connectivity index (χ0n) is 17.9. The standard InChI is InChI=1S/C21H28N4O5S/c1-4-23-21(26)15-5-7-18(25-11-9-22-10-12-25)17(13-15)24-31(27,28)16-6-8-19(29-2)20(14-16)30-3/h5-8,13-14,22,24H,4,9-12H2,1-3H3,(H,23,26). The van der Waals surface area contributed by atoms with Gasteiger partial charge in [0.1, 0.15) is 0 Å². The molecule has 2 aromatic rings. The summed E-state index contributed by atoms with van der Waals surface area (Å²) in [5.74, 6) is 0.478. The van der Waals surface area contributed by atoms with Crippen LogP contribution in [0.4, 0.5) is 11.4 Å². The zero-order valence-corrected chi connectivity index (χ0v) is 18.7. The third-order valence-electron chi connectivity index (χ3n) is 4.96. The van der Waals surface area contributed by atoms with Crippen LogP contribution in [-0.2, 0) is 10.0 Å². The lowest BCUT2D eigenvalue weighted by Gasteiger charge is -2.31. The summed E-state index contributed by atoms with van der Waals surface area (Å²) < 4.78 is 39.4. The Morgan fingerprint density at radius 1 is 1.06 bits per heavy atom. The quantitative estimate of drug-likeness (QED) is 0.564. The van der Waals surface area contributed by atoms with Gasteiger partial charge in [0.15, 0.2) is 11.5 Å². The van der Waals surface area contributed by atoms with Gasteiger partial charge in [0.05, 0.1) is 30.5 Å². The first-order valence-corrected chi connectivity index (χ1v) is 11.5. The van der Waals surface area contributed by atoms with Crippen LogP contribution < -0.4 is 29.7 Å². The Morgan fingerprint density at radius 3 is 2.42 bits per heavy atom. The summed E-state index contributed by atoms with van der Waals surface area (Å²) in [6, 6.07) is 9.44. The van der Waals surface area contributed by atoms with Gasteiger partial charge in [-0.15, -0.1) is 0 Å². The molecule has 168 valence electrons. The number of methoxy groups -OCH3 is 2. The molecule has 0 spiro atoms. The van der Waals surface area contributed by atoms with Gasteiger partial charge in [0, 0.05) is 44.4 Å². The van der Waals surface area contributed by atoms with Crippen LogP contribution in [0.2, 0.25) is 0 Å². The second kappa shape index (κ2) is 9.88. The van der Waals surface area contributed by atoms with Gasteiger partial charge < -0.3 is 25.0 Å². The molecule has 1 fully saturated rings. The summed E-state index contributed by atoms with van der Waals surface area (Å²) in [5.41, 5.74) is 1.45. The minimum Gasteiger partial charge on any atom is -0.493 e. The van der Waals surface area contributed by atoms with Gasteiger partial charge in [-0.1, -0.05) is 0 Å². The summed E-state index contributed by atoms with van der Waals surface area (Å²) >= 11 is 0. The Balaban J connectivity index is 2.00. The number of piperazine rings is 1. The lowest BCUT2D eigenvalue weighted by molar-refractivity contribution is 0.0956. The highest BCUT2D eigenvalue weighted by Gasteiger charge is 2.22. The van der Waals surface area contributed by atoms with Crippen LogP contribution in [0.3, 0.4) is 0 Å². The van der Waals surface area contributed by atoms with Crippen LogP contribution in [-0.4, -0.2) is 61.3 Å². The highest BCUT2D eigenvalue weighted by Crippen LogP contribution is 2.33. The molecule has 0 radical (unpaired) electrons. The van der Waals surface area contributed by atoms with Gasteiger partial charge in [0.25, 0.3) is 15.9 Å². The number of carbonyl (C=O) groups is 1. The number of nitrogens with one attached hydrogen (secondary N) is 3. The fourth-order valence-corrected chi connectivity index (χ4v) is 4.47. The molecule has 1 saturated heterocycles. The Kier molecular flexibility index (Phi) is 7.24. The molecule has 1 heterocycles. The van der Waals surface area contributed by atoms with Gasteiger partial charge in [-0.25, -0.2) is 8.42 Å². The molecular formula is C21H28N4O5S. The molecule has 0 saturated carbocycles. The van der Waals surface area contributed by atoms with Crippen LogP contribution >= 0.6 is 0 Å². The fraction of sp³-hybridized carbons (Fsp3) is 0.381. The largest absolute Gasteiger partial charge is 0.493 e. The number of nitrogens with zero attached hydrogens (tertiary/aromatic N) is 1. The van der Waals surface area contributed by atoms with Crippen LogP contribution in [0, 0.1) is 0 Å². The number of sulfonamides is 1. The molecule has 0 unspecified atom stereocenters. The molecular weight excluding hydrogens is 420 g/mol. The second-order valence-corrected chi connectivity index (χ2v) is 8.63. The van der Waals surface area contributed by atoms with E-state index in [1.807, 2.05) is 6.92 Å². The number of rotatable bonds is 8. The maximum atomic E-state index is 13.2. The number of anilines is 2. The Bertz CT molecular complexity index is 1040. The molecule has 0 bridgehead atoms. The zero-order chi connectivity index (χ0) is 22.4. The van der Waals surface area contributed by atoms with E-state index in [0.717, 1.165) is 31.9 Å². The van der Waals surface area contributed by atoms with Crippen molar-refractivity contribution >= 4 is 27.3 Å². The number of carbonyl (C=O) groups excluding carboxylic acids is 1. The lowest BCUT2D eigenvalue weighted by atomic mass is 10.1. The van der Waals surface area contributed by atoms with E-state index in [-0.39, 0.29) is 10.8 Å². The fourth-order valence-electron chi connectivity index (χ4n) is 3.39. The van der Waals surface area contributed by atoms with Crippen molar-refractivity contribution in [3.05, 3.63) is 42.0 Å². The van der Waals surface area contributed by atoms with E-state index in [0.29, 0.717) is 29.3 Å². The average molecular weight is 449 g/mol. The topological polar surface area (TPSA) is 109 Å². The highest BCUT2D eigenvalue weighted by molar-refractivity contribution is 7.92.